The molecule has 0 aromatic heterocycles. The van der Waals surface area contributed by atoms with Gasteiger partial charge in [0.15, 0.2) is 5.78 Å². The molecule has 5 heteroatoms. The van der Waals surface area contributed by atoms with Gasteiger partial charge in [0, 0.05) is 50.1 Å². The second-order valence-electron chi connectivity index (χ2n) is 9.86. The Morgan fingerprint density at radius 1 is 1.03 bits per heavy atom. The fourth-order valence-electron chi connectivity index (χ4n) is 5.45. The minimum Gasteiger partial charge on any atom is -0.337 e. The topological polar surface area (TPSA) is 40.6 Å². The summed E-state index contributed by atoms with van der Waals surface area (Å²) in [5.74, 6) is 0.239. The molecule has 1 saturated heterocycles. The van der Waals surface area contributed by atoms with Gasteiger partial charge >= 0.3 is 0 Å². The number of amides is 1. The van der Waals surface area contributed by atoms with Gasteiger partial charge in [-0.25, -0.2) is 4.39 Å². The highest BCUT2D eigenvalue weighted by atomic mass is 19.1. The maximum absolute atomic E-state index is 14.5. The largest absolute Gasteiger partial charge is 0.337 e. The van der Waals surface area contributed by atoms with Gasteiger partial charge in [-0.15, -0.1) is 0 Å². The van der Waals surface area contributed by atoms with Crippen LogP contribution in [0.15, 0.2) is 36.4 Å². The summed E-state index contributed by atoms with van der Waals surface area (Å²) in [4.78, 5) is 30.1. The molecule has 1 saturated carbocycles. The van der Waals surface area contributed by atoms with Gasteiger partial charge in [-0.2, -0.15) is 0 Å². The van der Waals surface area contributed by atoms with E-state index in [1.54, 1.807) is 6.07 Å². The van der Waals surface area contributed by atoms with E-state index >= 15 is 0 Å². The Morgan fingerprint density at radius 3 is 2.42 bits per heavy atom. The molecule has 1 atom stereocenters. The number of benzene rings is 2. The summed E-state index contributed by atoms with van der Waals surface area (Å²) in [5, 5.41) is 0. The monoisotopic (exact) mass is 450 g/mol. The van der Waals surface area contributed by atoms with Gasteiger partial charge < -0.3 is 4.90 Å². The van der Waals surface area contributed by atoms with Gasteiger partial charge in [0.1, 0.15) is 5.82 Å². The Bertz CT molecular complexity index is 1030. The molecule has 1 aliphatic heterocycles. The van der Waals surface area contributed by atoms with Crippen molar-refractivity contribution in [2.75, 3.05) is 19.6 Å². The van der Waals surface area contributed by atoms with E-state index in [9.17, 15) is 14.0 Å². The van der Waals surface area contributed by atoms with Crippen LogP contribution in [-0.4, -0.2) is 47.2 Å². The molecule has 0 spiro atoms. The van der Waals surface area contributed by atoms with Gasteiger partial charge in [0.05, 0.1) is 0 Å². The molecule has 176 valence electrons. The third-order valence-electron chi connectivity index (χ3n) is 7.48. The normalized spacial score (nSPS) is 19.8. The van der Waals surface area contributed by atoms with Crippen molar-refractivity contribution in [3.63, 3.8) is 0 Å². The minimum atomic E-state index is -0.300. The summed E-state index contributed by atoms with van der Waals surface area (Å²) < 4.78 is 14.5. The predicted octanol–water partition coefficient (Wildman–Crippen LogP) is 5.09. The second kappa shape index (κ2) is 10.2. The van der Waals surface area contributed by atoms with Crippen molar-refractivity contribution in [3.05, 3.63) is 70.0 Å². The number of carbonyl (C=O) groups excluding carboxylic acids is 2. The van der Waals surface area contributed by atoms with Crippen molar-refractivity contribution in [2.45, 2.75) is 65.5 Å². The lowest BCUT2D eigenvalue weighted by molar-refractivity contribution is -0.140. The quantitative estimate of drug-likeness (QED) is 0.576. The van der Waals surface area contributed by atoms with E-state index in [1.807, 2.05) is 38.1 Å². The van der Waals surface area contributed by atoms with Gasteiger partial charge in [-0.3, -0.25) is 14.5 Å². The van der Waals surface area contributed by atoms with Crippen molar-refractivity contribution in [1.29, 1.82) is 0 Å². The summed E-state index contributed by atoms with van der Waals surface area (Å²) >= 11 is 0. The molecule has 0 radical (unpaired) electrons. The number of carbonyl (C=O) groups is 2. The highest BCUT2D eigenvalue weighted by Crippen LogP contribution is 2.28. The number of piperazine rings is 1. The number of nitrogens with zero attached hydrogens (tertiary/aromatic N) is 2. The lowest BCUT2D eigenvalue weighted by atomic mass is 9.94. The smallest absolute Gasteiger partial charge is 0.226 e. The zero-order chi connectivity index (χ0) is 23.5. The number of hydrogen-bond acceptors (Lipinski definition) is 3. The highest BCUT2D eigenvalue weighted by Gasteiger charge is 2.33. The third kappa shape index (κ3) is 5.35. The van der Waals surface area contributed by atoms with Crippen LogP contribution < -0.4 is 0 Å². The van der Waals surface area contributed by atoms with Crippen molar-refractivity contribution < 1.29 is 14.0 Å². The van der Waals surface area contributed by atoms with E-state index < -0.39 is 0 Å². The third-order valence-corrected chi connectivity index (χ3v) is 7.48. The van der Waals surface area contributed by atoms with Crippen LogP contribution in [-0.2, 0) is 17.8 Å². The van der Waals surface area contributed by atoms with Gasteiger partial charge in [-0.05, 0) is 68.0 Å². The van der Waals surface area contributed by atoms with E-state index in [1.165, 1.54) is 6.07 Å². The van der Waals surface area contributed by atoms with Gasteiger partial charge in [0.25, 0.3) is 0 Å². The van der Waals surface area contributed by atoms with Crippen LogP contribution >= 0.6 is 0 Å². The lowest BCUT2D eigenvalue weighted by Gasteiger charge is -2.41. The van der Waals surface area contributed by atoms with Crippen LogP contribution in [0.3, 0.4) is 0 Å². The zero-order valence-electron chi connectivity index (χ0n) is 20.1. The molecule has 0 N–H and O–H groups in total. The predicted molar refractivity (Wildman–Crippen MR) is 129 cm³/mol. The standard InChI is InChI=1S/C28H35FN2O2/c1-19-8-4-7-11-26(19)27(32)16-23-14-25(29)15-24(21(23)3)18-30-12-13-31(20(2)17-30)28(33)22-9-5-6-10-22/h4,7-8,11,14-15,20,22H,5-6,9-10,12-13,16-18H2,1-3H3/t20-/m0/s1. The number of aryl methyl sites for hydroxylation is 1. The van der Waals surface area contributed by atoms with Crippen molar-refractivity contribution in [3.8, 4) is 0 Å². The molecular formula is C28H35FN2O2. The zero-order valence-corrected chi connectivity index (χ0v) is 20.1. The van der Waals surface area contributed by atoms with Crippen LogP contribution in [0.4, 0.5) is 4.39 Å². The molecular weight excluding hydrogens is 415 g/mol. The minimum absolute atomic E-state index is 0.0143. The Morgan fingerprint density at radius 2 is 1.73 bits per heavy atom. The van der Waals surface area contributed by atoms with Crippen LogP contribution in [0.25, 0.3) is 0 Å². The first-order valence-electron chi connectivity index (χ1n) is 12.2. The summed E-state index contributed by atoms with van der Waals surface area (Å²) in [7, 11) is 0. The number of Topliss-reactive ketones (excluding diaryl/α,β-unsaturated/α-hetero) is 1. The molecule has 2 fully saturated rings. The molecule has 2 aromatic carbocycles. The molecule has 4 rings (SSSR count). The average Bonchev–Trinajstić information content (AvgIpc) is 3.32. The number of ketones is 1. The molecule has 0 unspecified atom stereocenters. The van der Waals surface area contributed by atoms with Crippen molar-refractivity contribution in [1.82, 2.24) is 9.80 Å². The maximum Gasteiger partial charge on any atom is 0.226 e. The maximum atomic E-state index is 14.5. The summed E-state index contributed by atoms with van der Waals surface area (Å²) in [6.45, 7) is 8.95. The molecule has 2 aromatic rings. The van der Waals surface area contributed by atoms with E-state index in [0.717, 1.165) is 67.6 Å². The fourth-order valence-corrected chi connectivity index (χ4v) is 5.45. The second-order valence-corrected chi connectivity index (χ2v) is 9.86. The number of hydrogen-bond donors (Lipinski definition) is 0. The summed E-state index contributed by atoms with van der Waals surface area (Å²) in [6, 6.07) is 10.8. The van der Waals surface area contributed by atoms with E-state index in [-0.39, 0.29) is 30.0 Å². The molecule has 1 heterocycles. The number of rotatable bonds is 6. The molecule has 0 bridgehead atoms. The first-order chi connectivity index (χ1) is 15.8. The van der Waals surface area contributed by atoms with Crippen LogP contribution in [0.2, 0.25) is 0 Å². The Labute approximate surface area is 196 Å². The molecule has 4 nitrogen and oxygen atoms in total. The van der Waals surface area contributed by atoms with Crippen LogP contribution in [0, 0.1) is 25.6 Å². The van der Waals surface area contributed by atoms with Gasteiger partial charge in [-0.1, -0.05) is 37.1 Å². The molecule has 1 amide bonds. The molecule has 1 aliphatic carbocycles. The Balaban J connectivity index is 1.43. The average molecular weight is 451 g/mol. The Hall–Kier alpha value is -2.53. The first-order valence-corrected chi connectivity index (χ1v) is 12.2. The van der Waals surface area contributed by atoms with Crippen LogP contribution in [0.1, 0.15) is 65.2 Å². The summed E-state index contributed by atoms with van der Waals surface area (Å²) in [5.41, 5.74) is 4.29. The first kappa shape index (κ1) is 23.6. The van der Waals surface area contributed by atoms with Crippen LogP contribution in [0.5, 0.6) is 0 Å². The van der Waals surface area contributed by atoms with Crippen molar-refractivity contribution >= 4 is 11.7 Å². The Kier molecular flexibility index (Phi) is 7.28. The van der Waals surface area contributed by atoms with Gasteiger partial charge in [0.2, 0.25) is 5.91 Å². The lowest BCUT2D eigenvalue weighted by Crippen LogP contribution is -2.54. The molecule has 2 aliphatic rings. The highest BCUT2D eigenvalue weighted by molar-refractivity contribution is 5.98. The SMILES string of the molecule is Cc1ccccc1C(=O)Cc1cc(F)cc(CN2CCN(C(=O)C3CCCC3)[C@@H](C)C2)c1C. The van der Waals surface area contributed by atoms with Crippen molar-refractivity contribution in [2.24, 2.45) is 5.92 Å². The fraction of sp³-hybridized carbons (Fsp3) is 0.500. The molecule has 33 heavy (non-hydrogen) atoms. The van der Waals surface area contributed by atoms with E-state index in [2.05, 4.69) is 16.7 Å². The summed E-state index contributed by atoms with van der Waals surface area (Å²) in [6.07, 6.45) is 4.58. The van der Waals surface area contributed by atoms with E-state index in [4.69, 9.17) is 0 Å². The van der Waals surface area contributed by atoms with E-state index in [0.29, 0.717) is 18.0 Å². The number of halogens is 1.